The van der Waals surface area contributed by atoms with Gasteiger partial charge in [-0.3, -0.25) is 4.79 Å². The number of hydrogen-bond donors (Lipinski definition) is 2. The second kappa shape index (κ2) is 5.70. The number of hydrogen-bond acceptors (Lipinski definition) is 6. The smallest absolute Gasteiger partial charge is 0.207 e. The van der Waals surface area contributed by atoms with Crippen molar-refractivity contribution < 1.29 is 4.79 Å². The van der Waals surface area contributed by atoms with Gasteiger partial charge in [0, 0.05) is 17.8 Å². The average molecular weight is 262 g/mol. The molecule has 0 aliphatic rings. The van der Waals surface area contributed by atoms with Crippen molar-refractivity contribution in [1.29, 1.82) is 0 Å². The highest BCUT2D eigenvalue weighted by atomic mass is 32.1. The molecule has 0 bridgehead atoms. The first kappa shape index (κ1) is 12.7. The van der Waals surface area contributed by atoms with Gasteiger partial charge in [0.1, 0.15) is 5.82 Å². The molecule has 0 fully saturated rings. The molecule has 1 atom stereocenters. The first-order valence-electron chi connectivity index (χ1n) is 5.56. The van der Waals surface area contributed by atoms with E-state index < -0.39 is 6.04 Å². The molecule has 94 valence electrons. The van der Waals surface area contributed by atoms with E-state index in [2.05, 4.69) is 9.97 Å². The summed E-state index contributed by atoms with van der Waals surface area (Å²) in [7, 11) is 0. The van der Waals surface area contributed by atoms with Crippen molar-refractivity contribution in [2.24, 2.45) is 5.73 Å². The molecule has 0 amide bonds. The van der Waals surface area contributed by atoms with Crippen molar-refractivity contribution in [3.05, 3.63) is 40.5 Å². The van der Waals surface area contributed by atoms with Crippen LogP contribution in [0.25, 0.3) is 0 Å². The van der Waals surface area contributed by atoms with Crippen LogP contribution in [-0.2, 0) is 6.42 Å². The molecule has 0 aliphatic heterocycles. The molecule has 0 aliphatic carbocycles. The summed E-state index contributed by atoms with van der Waals surface area (Å²) in [5, 5.41) is 2.24. The summed E-state index contributed by atoms with van der Waals surface area (Å²) >= 11 is 1.31. The molecule has 2 aromatic rings. The number of Topliss-reactive ketones (excluding diaryl/α,β-unsaturated/α-hetero) is 1. The minimum atomic E-state index is -0.523. The van der Waals surface area contributed by atoms with Gasteiger partial charge in [0.15, 0.2) is 5.01 Å². The third-order valence-corrected chi connectivity index (χ3v) is 3.36. The standard InChI is InChI=1S/C12H14N4OS/c13-9(11(17)12-16-5-6-18-12)2-1-8-3-4-15-10(14)7-8/h3-7,9H,1-2,13H2,(H2,14,15). The minimum absolute atomic E-state index is 0.105. The summed E-state index contributed by atoms with van der Waals surface area (Å²) in [6.07, 6.45) is 4.53. The predicted molar refractivity (Wildman–Crippen MR) is 71.4 cm³/mol. The van der Waals surface area contributed by atoms with Crippen LogP contribution in [0.2, 0.25) is 0 Å². The van der Waals surface area contributed by atoms with E-state index in [1.165, 1.54) is 11.3 Å². The van der Waals surface area contributed by atoms with Crippen molar-refractivity contribution in [3.8, 4) is 0 Å². The van der Waals surface area contributed by atoms with E-state index in [1.807, 2.05) is 6.07 Å². The van der Waals surface area contributed by atoms with Gasteiger partial charge in [0.05, 0.1) is 6.04 Å². The van der Waals surface area contributed by atoms with Crippen LogP contribution in [0.1, 0.15) is 21.8 Å². The quantitative estimate of drug-likeness (QED) is 0.791. The molecule has 2 aromatic heterocycles. The van der Waals surface area contributed by atoms with Crippen LogP contribution in [0.15, 0.2) is 29.9 Å². The number of ketones is 1. The first-order valence-corrected chi connectivity index (χ1v) is 6.44. The van der Waals surface area contributed by atoms with Gasteiger partial charge in [0.25, 0.3) is 0 Å². The zero-order chi connectivity index (χ0) is 13.0. The van der Waals surface area contributed by atoms with Crippen LogP contribution < -0.4 is 11.5 Å². The Bertz CT molecular complexity index is 527. The molecule has 2 rings (SSSR count). The molecule has 4 N–H and O–H groups in total. The van der Waals surface area contributed by atoms with Crippen molar-refractivity contribution in [2.45, 2.75) is 18.9 Å². The van der Waals surface area contributed by atoms with Gasteiger partial charge in [-0.15, -0.1) is 11.3 Å². The third kappa shape index (κ3) is 3.12. The summed E-state index contributed by atoms with van der Waals surface area (Å²) in [6, 6.07) is 3.14. The van der Waals surface area contributed by atoms with Crippen molar-refractivity contribution in [3.63, 3.8) is 0 Å². The fourth-order valence-electron chi connectivity index (χ4n) is 1.61. The summed E-state index contributed by atoms with van der Waals surface area (Å²) in [6.45, 7) is 0. The molecule has 1 unspecified atom stereocenters. The Morgan fingerprint density at radius 3 is 2.89 bits per heavy atom. The number of rotatable bonds is 5. The molecular formula is C12H14N4OS. The average Bonchev–Trinajstić information content (AvgIpc) is 2.89. The molecular weight excluding hydrogens is 248 g/mol. The Morgan fingerprint density at radius 2 is 2.22 bits per heavy atom. The van der Waals surface area contributed by atoms with E-state index in [1.54, 1.807) is 23.8 Å². The van der Waals surface area contributed by atoms with E-state index in [-0.39, 0.29) is 5.78 Å². The maximum Gasteiger partial charge on any atom is 0.207 e. The number of nitrogens with zero attached hydrogens (tertiary/aromatic N) is 2. The lowest BCUT2D eigenvalue weighted by Crippen LogP contribution is -2.30. The van der Waals surface area contributed by atoms with Crippen molar-refractivity contribution in [2.75, 3.05) is 5.73 Å². The molecule has 2 heterocycles. The van der Waals surface area contributed by atoms with Crippen LogP contribution in [0, 0.1) is 0 Å². The van der Waals surface area contributed by atoms with Crippen LogP contribution in [0.3, 0.4) is 0 Å². The third-order valence-electron chi connectivity index (χ3n) is 2.57. The highest BCUT2D eigenvalue weighted by molar-refractivity contribution is 7.11. The van der Waals surface area contributed by atoms with E-state index in [0.717, 1.165) is 5.56 Å². The lowest BCUT2D eigenvalue weighted by Gasteiger charge is -2.08. The van der Waals surface area contributed by atoms with E-state index >= 15 is 0 Å². The SMILES string of the molecule is Nc1cc(CCC(N)C(=O)c2nccs2)ccn1. The number of anilines is 1. The zero-order valence-electron chi connectivity index (χ0n) is 9.74. The van der Waals surface area contributed by atoms with Gasteiger partial charge in [-0.1, -0.05) is 0 Å². The normalized spacial score (nSPS) is 12.3. The van der Waals surface area contributed by atoms with Gasteiger partial charge in [-0.05, 0) is 30.5 Å². The second-order valence-corrected chi connectivity index (χ2v) is 4.83. The minimum Gasteiger partial charge on any atom is -0.384 e. The van der Waals surface area contributed by atoms with Gasteiger partial charge in [0.2, 0.25) is 5.78 Å². The van der Waals surface area contributed by atoms with Gasteiger partial charge in [-0.2, -0.15) is 0 Å². The Balaban J connectivity index is 1.92. The lowest BCUT2D eigenvalue weighted by molar-refractivity contribution is 0.0957. The number of nitrogens with two attached hydrogens (primary N) is 2. The van der Waals surface area contributed by atoms with Gasteiger partial charge in [-0.25, -0.2) is 9.97 Å². The number of carbonyl (C=O) groups is 1. The van der Waals surface area contributed by atoms with Crippen LogP contribution in [0.5, 0.6) is 0 Å². The predicted octanol–water partition coefficient (Wildman–Crippen LogP) is 1.26. The van der Waals surface area contributed by atoms with E-state index in [4.69, 9.17) is 11.5 Å². The summed E-state index contributed by atoms with van der Waals surface area (Å²) in [5.74, 6) is 0.374. The Hall–Kier alpha value is -1.79. The molecule has 18 heavy (non-hydrogen) atoms. The van der Waals surface area contributed by atoms with Crippen LogP contribution >= 0.6 is 11.3 Å². The Labute approximate surface area is 109 Å². The first-order chi connectivity index (χ1) is 8.66. The molecule has 6 heteroatoms. The monoisotopic (exact) mass is 262 g/mol. The number of carbonyl (C=O) groups excluding carboxylic acids is 1. The summed E-state index contributed by atoms with van der Waals surface area (Å²) in [5.41, 5.74) is 12.5. The van der Waals surface area contributed by atoms with Crippen LogP contribution in [-0.4, -0.2) is 21.8 Å². The topological polar surface area (TPSA) is 94.9 Å². The van der Waals surface area contributed by atoms with E-state index in [9.17, 15) is 4.79 Å². The fraction of sp³-hybridized carbons (Fsp3) is 0.250. The highest BCUT2D eigenvalue weighted by Gasteiger charge is 2.17. The molecule has 0 radical (unpaired) electrons. The maximum absolute atomic E-state index is 11.9. The molecule has 0 spiro atoms. The lowest BCUT2D eigenvalue weighted by atomic mass is 10.0. The second-order valence-electron chi connectivity index (χ2n) is 3.94. The van der Waals surface area contributed by atoms with Crippen molar-refractivity contribution in [1.82, 2.24) is 9.97 Å². The van der Waals surface area contributed by atoms with Gasteiger partial charge >= 0.3 is 0 Å². The number of aromatic nitrogens is 2. The number of thiazole rings is 1. The maximum atomic E-state index is 11.9. The largest absolute Gasteiger partial charge is 0.384 e. The fourth-order valence-corrected chi connectivity index (χ4v) is 2.25. The molecule has 0 aromatic carbocycles. The van der Waals surface area contributed by atoms with Crippen molar-refractivity contribution >= 4 is 22.9 Å². The Kier molecular flexibility index (Phi) is 4.01. The zero-order valence-corrected chi connectivity index (χ0v) is 10.6. The molecule has 0 saturated heterocycles. The number of aryl methyl sites for hydroxylation is 1. The number of nitrogen functional groups attached to an aromatic ring is 1. The van der Waals surface area contributed by atoms with Crippen LogP contribution in [0.4, 0.5) is 5.82 Å². The Morgan fingerprint density at radius 1 is 1.39 bits per heavy atom. The van der Waals surface area contributed by atoms with E-state index in [0.29, 0.717) is 23.7 Å². The summed E-state index contributed by atoms with van der Waals surface area (Å²) < 4.78 is 0. The molecule has 0 saturated carbocycles. The molecule has 5 nitrogen and oxygen atoms in total. The number of pyridine rings is 1. The highest BCUT2D eigenvalue weighted by Crippen LogP contribution is 2.11. The van der Waals surface area contributed by atoms with Gasteiger partial charge < -0.3 is 11.5 Å². The summed E-state index contributed by atoms with van der Waals surface area (Å²) in [4.78, 5) is 19.8.